The van der Waals surface area contributed by atoms with E-state index in [1.54, 1.807) is 17.5 Å². The normalized spacial score (nSPS) is 11.1. The number of hydrogen-bond donors (Lipinski definition) is 0. The number of nitrogens with zero attached hydrogens (tertiary/aromatic N) is 4. The molecule has 3 rings (SSSR count). The molecule has 0 aromatic carbocycles. The molecular formula is C13H12N4OS. The lowest BCUT2D eigenvalue weighted by atomic mass is 10.3. The van der Waals surface area contributed by atoms with Gasteiger partial charge in [0.25, 0.3) is 0 Å². The lowest BCUT2D eigenvalue weighted by Gasteiger charge is -2.12. The van der Waals surface area contributed by atoms with Crippen LogP contribution < -0.4 is 4.74 Å². The maximum Gasteiger partial charge on any atom is 0.242 e. The van der Waals surface area contributed by atoms with E-state index >= 15 is 0 Å². The molecule has 19 heavy (non-hydrogen) atoms. The molecule has 0 unspecified atom stereocenters. The maximum atomic E-state index is 5.75. The Hall–Kier alpha value is -2.08. The van der Waals surface area contributed by atoms with Gasteiger partial charge in [0.05, 0.1) is 17.2 Å². The topological polar surface area (TPSA) is 60.8 Å². The van der Waals surface area contributed by atoms with Gasteiger partial charge in [-0.1, -0.05) is 6.07 Å². The van der Waals surface area contributed by atoms with Gasteiger partial charge in [-0.15, -0.1) is 11.3 Å². The molecule has 0 atom stereocenters. The molecule has 3 aromatic heterocycles. The Bertz CT molecular complexity index is 697. The van der Waals surface area contributed by atoms with Gasteiger partial charge in [0.1, 0.15) is 17.5 Å². The Morgan fingerprint density at radius 1 is 1.26 bits per heavy atom. The number of rotatable bonds is 3. The summed E-state index contributed by atoms with van der Waals surface area (Å²) in [6.07, 6.45) is 3.15. The molecule has 0 amide bonds. The highest BCUT2D eigenvalue weighted by Crippen LogP contribution is 2.31. The average Bonchev–Trinajstić information content (AvgIpc) is 2.91. The first kappa shape index (κ1) is 12.0. The summed E-state index contributed by atoms with van der Waals surface area (Å²) in [6, 6.07) is 3.97. The number of fused-ring (bicyclic) bond motifs is 1. The molecule has 6 heteroatoms. The zero-order valence-corrected chi connectivity index (χ0v) is 11.4. The van der Waals surface area contributed by atoms with Crippen LogP contribution in [0.4, 0.5) is 0 Å². The summed E-state index contributed by atoms with van der Waals surface area (Å²) >= 11 is 1.60. The Balaban J connectivity index is 2.21. The van der Waals surface area contributed by atoms with Crippen molar-refractivity contribution in [3.8, 4) is 16.5 Å². The lowest BCUT2D eigenvalue weighted by molar-refractivity contribution is 0.234. The summed E-state index contributed by atoms with van der Waals surface area (Å²) in [5, 5.41) is 2.00. The highest BCUT2D eigenvalue weighted by atomic mass is 32.1. The molecule has 3 heterocycles. The second kappa shape index (κ2) is 4.89. The minimum Gasteiger partial charge on any atom is -0.473 e. The standard InChI is InChI=1S/C13H12N4OS/c1-8(2)18-13-11(10-4-3-5-19-10)17-12-9(16-13)6-14-7-15-12/h3-8H,1-2H3. The largest absolute Gasteiger partial charge is 0.473 e. The minimum absolute atomic E-state index is 0.0371. The van der Waals surface area contributed by atoms with Gasteiger partial charge in [-0.25, -0.2) is 19.9 Å². The minimum atomic E-state index is 0.0371. The van der Waals surface area contributed by atoms with Gasteiger partial charge in [-0.05, 0) is 25.3 Å². The zero-order chi connectivity index (χ0) is 13.2. The first-order valence-corrected chi connectivity index (χ1v) is 6.80. The van der Waals surface area contributed by atoms with E-state index < -0.39 is 0 Å². The molecule has 0 aliphatic rings. The highest BCUT2D eigenvalue weighted by Gasteiger charge is 2.15. The second-order valence-electron chi connectivity index (χ2n) is 4.25. The molecule has 3 aromatic rings. The van der Waals surface area contributed by atoms with E-state index in [1.165, 1.54) is 6.33 Å². The predicted molar refractivity (Wildman–Crippen MR) is 74.2 cm³/mol. The average molecular weight is 272 g/mol. The monoisotopic (exact) mass is 272 g/mol. The summed E-state index contributed by atoms with van der Waals surface area (Å²) in [7, 11) is 0. The van der Waals surface area contributed by atoms with Gasteiger partial charge in [0, 0.05) is 0 Å². The van der Waals surface area contributed by atoms with Crippen molar-refractivity contribution < 1.29 is 4.74 Å². The summed E-state index contributed by atoms with van der Waals surface area (Å²) in [5.74, 6) is 0.528. The molecule has 0 saturated carbocycles. The number of ether oxygens (including phenoxy) is 1. The van der Waals surface area contributed by atoms with Gasteiger partial charge >= 0.3 is 0 Å². The fourth-order valence-electron chi connectivity index (χ4n) is 1.68. The van der Waals surface area contributed by atoms with Gasteiger partial charge in [-0.2, -0.15) is 0 Å². The SMILES string of the molecule is CC(C)Oc1nc2cncnc2nc1-c1cccs1. The molecular weight excluding hydrogens is 260 g/mol. The van der Waals surface area contributed by atoms with Crippen LogP contribution in [0.3, 0.4) is 0 Å². The van der Waals surface area contributed by atoms with Gasteiger partial charge in [-0.3, -0.25) is 0 Å². The molecule has 0 fully saturated rings. The number of hydrogen-bond acceptors (Lipinski definition) is 6. The summed E-state index contributed by atoms with van der Waals surface area (Å²) in [5.41, 5.74) is 1.95. The summed E-state index contributed by atoms with van der Waals surface area (Å²) in [4.78, 5) is 18.1. The third kappa shape index (κ3) is 2.39. The van der Waals surface area contributed by atoms with E-state index in [2.05, 4.69) is 19.9 Å². The Kier molecular flexibility index (Phi) is 3.08. The van der Waals surface area contributed by atoms with Crippen molar-refractivity contribution in [1.29, 1.82) is 0 Å². The number of aromatic nitrogens is 4. The van der Waals surface area contributed by atoms with Crippen LogP contribution in [0, 0.1) is 0 Å². The van der Waals surface area contributed by atoms with Crippen molar-refractivity contribution in [2.24, 2.45) is 0 Å². The van der Waals surface area contributed by atoms with Crippen LogP contribution >= 0.6 is 11.3 Å². The molecule has 5 nitrogen and oxygen atoms in total. The van der Waals surface area contributed by atoms with E-state index in [-0.39, 0.29) is 6.10 Å². The molecule has 0 bridgehead atoms. The van der Waals surface area contributed by atoms with Gasteiger partial charge < -0.3 is 4.74 Å². The Morgan fingerprint density at radius 2 is 2.16 bits per heavy atom. The van der Waals surface area contributed by atoms with Crippen LogP contribution in [0.15, 0.2) is 30.0 Å². The van der Waals surface area contributed by atoms with Gasteiger partial charge in [0.2, 0.25) is 5.88 Å². The van der Waals surface area contributed by atoms with E-state index in [9.17, 15) is 0 Å². The van der Waals surface area contributed by atoms with Crippen molar-refractivity contribution >= 4 is 22.5 Å². The summed E-state index contributed by atoms with van der Waals surface area (Å²) in [6.45, 7) is 3.93. The van der Waals surface area contributed by atoms with Crippen LogP contribution in [-0.4, -0.2) is 26.0 Å². The van der Waals surface area contributed by atoms with Crippen LogP contribution in [-0.2, 0) is 0 Å². The number of thiophene rings is 1. The molecule has 0 N–H and O–H groups in total. The summed E-state index contributed by atoms with van der Waals surface area (Å²) < 4.78 is 5.75. The fourth-order valence-corrected chi connectivity index (χ4v) is 2.38. The molecule has 96 valence electrons. The van der Waals surface area contributed by atoms with Crippen LogP contribution in [0.5, 0.6) is 5.88 Å². The Morgan fingerprint density at radius 3 is 2.89 bits per heavy atom. The second-order valence-corrected chi connectivity index (χ2v) is 5.20. The first-order chi connectivity index (χ1) is 9.24. The van der Waals surface area contributed by atoms with E-state index in [4.69, 9.17) is 4.74 Å². The van der Waals surface area contributed by atoms with Crippen molar-refractivity contribution in [1.82, 2.24) is 19.9 Å². The predicted octanol–water partition coefficient (Wildman–Crippen LogP) is 2.94. The van der Waals surface area contributed by atoms with Crippen LogP contribution in [0.2, 0.25) is 0 Å². The quantitative estimate of drug-likeness (QED) is 0.733. The van der Waals surface area contributed by atoms with Crippen LogP contribution in [0.25, 0.3) is 21.7 Å². The molecule has 0 radical (unpaired) electrons. The van der Waals surface area contributed by atoms with Crippen molar-refractivity contribution in [3.63, 3.8) is 0 Å². The third-order valence-corrected chi connectivity index (χ3v) is 3.29. The van der Waals surface area contributed by atoms with E-state index in [1.807, 2.05) is 31.4 Å². The van der Waals surface area contributed by atoms with E-state index in [0.717, 1.165) is 10.6 Å². The zero-order valence-electron chi connectivity index (χ0n) is 10.6. The van der Waals surface area contributed by atoms with Crippen molar-refractivity contribution in [3.05, 3.63) is 30.0 Å². The third-order valence-electron chi connectivity index (χ3n) is 2.42. The van der Waals surface area contributed by atoms with Crippen molar-refractivity contribution in [2.45, 2.75) is 20.0 Å². The Labute approximate surface area is 114 Å². The molecule has 0 spiro atoms. The van der Waals surface area contributed by atoms with E-state index in [0.29, 0.717) is 17.0 Å². The highest BCUT2D eigenvalue weighted by molar-refractivity contribution is 7.13. The van der Waals surface area contributed by atoms with Crippen LogP contribution in [0.1, 0.15) is 13.8 Å². The van der Waals surface area contributed by atoms with Gasteiger partial charge in [0.15, 0.2) is 5.65 Å². The molecule has 0 aliphatic heterocycles. The smallest absolute Gasteiger partial charge is 0.242 e. The fraction of sp³-hybridized carbons (Fsp3) is 0.231. The molecule has 0 aliphatic carbocycles. The lowest BCUT2D eigenvalue weighted by Crippen LogP contribution is -2.09. The first-order valence-electron chi connectivity index (χ1n) is 5.92. The molecule has 0 saturated heterocycles. The van der Waals surface area contributed by atoms with Crippen molar-refractivity contribution in [2.75, 3.05) is 0 Å². The maximum absolute atomic E-state index is 5.75.